The lowest BCUT2D eigenvalue weighted by Crippen LogP contribution is -2.31. The molecule has 4 rings (SSSR count). The number of carbonyl (C=O) groups excluding carboxylic acids is 1. The number of aryl methyl sites for hydroxylation is 1. The molecular formula is C18H18FN5O3. The molecule has 8 nitrogen and oxygen atoms in total. The van der Waals surface area contributed by atoms with Crippen molar-refractivity contribution in [2.45, 2.75) is 25.9 Å². The zero-order valence-electron chi connectivity index (χ0n) is 14.7. The molecule has 1 atom stereocenters. The van der Waals surface area contributed by atoms with Crippen LogP contribution in [0.25, 0.3) is 11.5 Å². The van der Waals surface area contributed by atoms with Gasteiger partial charge in [0.2, 0.25) is 5.82 Å². The summed E-state index contributed by atoms with van der Waals surface area (Å²) < 4.78 is 25.2. The molecule has 140 valence electrons. The van der Waals surface area contributed by atoms with Crippen LogP contribution in [0.4, 0.5) is 4.39 Å². The number of halogens is 1. The predicted molar refractivity (Wildman–Crippen MR) is 92.6 cm³/mol. The smallest absolute Gasteiger partial charge is 0.274 e. The lowest BCUT2D eigenvalue weighted by Gasteiger charge is -2.16. The molecule has 3 aromatic rings. The summed E-state index contributed by atoms with van der Waals surface area (Å²) in [7, 11) is 0. The van der Waals surface area contributed by atoms with Crippen molar-refractivity contribution in [3.05, 3.63) is 48.0 Å². The maximum atomic E-state index is 14.2. The van der Waals surface area contributed by atoms with Crippen LogP contribution in [-0.2, 0) is 6.42 Å². The fourth-order valence-corrected chi connectivity index (χ4v) is 3.03. The predicted octanol–water partition coefficient (Wildman–Crippen LogP) is 2.45. The number of nitrogens with one attached hydrogen (secondary N) is 1. The second-order valence-electron chi connectivity index (χ2n) is 6.22. The Balaban J connectivity index is 1.41. The van der Waals surface area contributed by atoms with Crippen LogP contribution >= 0.6 is 0 Å². The first-order chi connectivity index (χ1) is 13.2. The Morgan fingerprint density at radius 2 is 2.37 bits per heavy atom. The van der Waals surface area contributed by atoms with E-state index in [2.05, 4.69) is 20.2 Å². The summed E-state index contributed by atoms with van der Waals surface area (Å²) in [6.45, 7) is 2.65. The number of rotatable bonds is 5. The van der Waals surface area contributed by atoms with Crippen molar-refractivity contribution in [1.29, 1.82) is 0 Å². The van der Waals surface area contributed by atoms with Crippen molar-refractivity contribution in [3.63, 3.8) is 0 Å². The van der Waals surface area contributed by atoms with Gasteiger partial charge in [0.25, 0.3) is 11.8 Å². The molecule has 0 radical (unpaired) electrons. The van der Waals surface area contributed by atoms with Gasteiger partial charge in [0.1, 0.15) is 18.1 Å². The largest absolute Gasteiger partial charge is 0.470 e. The van der Waals surface area contributed by atoms with Gasteiger partial charge in [-0.2, -0.15) is 14.5 Å². The summed E-state index contributed by atoms with van der Waals surface area (Å²) in [6.07, 6.45) is 3.56. The molecule has 0 bridgehead atoms. The molecule has 0 aliphatic carbocycles. The van der Waals surface area contributed by atoms with E-state index in [4.69, 9.17) is 9.15 Å². The fourth-order valence-electron chi connectivity index (χ4n) is 3.03. The lowest BCUT2D eigenvalue weighted by atomic mass is 10.3. The average molecular weight is 371 g/mol. The number of aromatic amines is 1. The molecule has 27 heavy (non-hydrogen) atoms. The van der Waals surface area contributed by atoms with Gasteiger partial charge in [-0.1, -0.05) is 6.92 Å². The van der Waals surface area contributed by atoms with Gasteiger partial charge in [-0.15, -0.1) is 0 Å². The van der Waals surface area contributed by atoms with Gasteiger partial charge in [0.05, 0.1) is 18.5 Å². The molecule has 9 heteroatoms. The minimum atomic E-state index is -0.542. The van der Waals surface area contributed by atoms with Gasteiger partial charge in [0.15, 0.2) is 11.5 Å². The summed E-state index contributed by atoms with van der Waals surface area (Å²) in [6, 6.07) is 5.19. The van der Waals surface area contributed by atoms with E-state index in [9.17, 15) is 9.18 Å². The molecule has 1 aliphatic heterocycles. The molecule has 1 saturated heterocycles. The van der Waals surface area contributed by atoms with E-state index in [1.165, 1.54) is 6.33 Å². The van der Waals surface area contributed by atoms with Gasteiger partial charge < -0.3 is 14.1 Å². The number of likely N-dealkylation sites (tertiary alicyclic amines) is 1. The summed E-state index contributed by atoms with van der Waals surface area (Å²) >= 11 is 0. The Kier molecular flexibility index (Phi) is 4.57. The molecule has 1 N–H and O–H groups in total. The van der Waals surface area contributed by atoms with E-state index >= 15 is 0 Å². The third-order valence-corrected chi connectivity index (χ3v) is 4.46. The van der Waals surface area contributed by atoms with Crippen LogP contribution < -0.4 is 4.74 Å². The van der Waals surface area contributed by atoms with E-state index in [1.807, 2.05) is 6.92 Å². The Morgan fingerprint density at radius 3 is 3.15 bits per heavy atom. The molecule has 0 aromatic carbocycles. The van der Waals surface area contributed by atoms with Crippen LogP contribution in [0.1, 0.15) is 29.5 Å². The number of carbonyl (C=O) groups is 1. The van der Waals surface area contributed by atoms with Crippen LogP contribution in [0.15, 0.2) is 35.2 Å². The molecule has 1 unspecified atom stereocenters. The topological polar surface area (TPSA) is 97.1 Å². The molecule has 3 aromatic heterocycles. The molecule has 1 aliphatic rings. The highest BCUT2D eigenvalue weighted by Crippen LogP contribution is 2.23. The van der Waals surface area contributed by atoms with E-state index in [1.54, 1.807) is 29.4 Å². The number of H-pyrrole nitrogens is 1. The summed E-state index contributed by atoms with van der Waals surface area (Å²) in [5.74, 6) is -0.219. The van der Waals surface area contributed by atoms with Crippen molar-refractivity contribution >= 4 is 5.91 Å². The van der Waals surface area contributed by atoms with Gasteiger partial charge in [0, 0.05) is 19.0 Å². The van der Waals surface area contributed by atoms with Crippen LogP contribution in [0, 0.1) is 5.82 Å². The van der Waals surface area contributed by atoms with Gasteiger partial charge >= 0.3 is 0 Å². The molecule has 4 heterocycles. The Morgan fingerprint density at radius 1 is 1.48 bits per heavy atom. The number of hydrogen-bond donors (Lipinski definition) is 1. The monoisotopic (exact) mass is 371 g/mol. The number of hydrogen-bond acceptors (Lipinski definition) is 6. The van der Waals surface area contributed by atoms with E-state index in [-0.39, 0.29) is 17.9 Å². The maximum Gasteiger partial charge on any atom is 0.274 e. The summed E-state index contributed by atoms with van der Waals surface area (Å²) in [4.78, 5) is 22.0. The third-order valence-electron chi connectivity index (χ3n) is 4.46. The highest BCUT2D eigenvalue weighted by Gasteiger charge is 2.30. The second-order valence-corrected chi connectivity index (χ2v) is 6.22. The summed E-state index contributed by atoms with van der Waals surface area (Å²) in [5, 5.41) is 6.86. The fraction of sp³-hybridized carbons (Fsp3) is 0.333. The highest BCUT2D eigenvalue weighted by atomic mass is 19.1. The zero-order valence-corrected chi connectivity index (χ0v) is 14.7. The lowest BCUT2D eigenvalue weighted by molar-refractivity contribution is 0.0764. The number of nitrogens with zero attached hydrogens (tertiary/aromatic N) is 4. The zero-order chi connectivity index (χ0) is 18.8. The van der Waals surface area contributed by atoms with Crippen molar-refractivity contribution in [2.24, 2.45) is 0 Å². The normalized spacial score (nSPS) is 16.7. The third kappa shape index (κ3) is 3.40. The van der Waals surface area contributed by atoms with Crippen LogP contribution in [-0.4, -0.2) is 50.2 Å². The van der Waals surface area contributed by atoms with Crippen LogP contribution in [0.3, 0.4) is 0 Å². The Hall–Kier alpha value is -3.23. The maximum absolute atomic E-state index is 14.2. The molecule has 0 spiro atoms. The van der Waals surface area contributed by atoms with Gasteiger partial charge in [-0.25, -0.2) is 4.98 Å². The SMILES string of the molecule is CCc1ncnc(OC2CCN(C(=O)c3cc(-c4ccco4)[nH]n3)C2)c1F. The quantitative estimate of drug-likeness (QED) is 0.740. The highest BCUT2D eigenvalue weighted by molar-refractivity contribution is 5.93. The minimum absolute atomic E-state index is 0.0685. The van der Waals surface area contributed by atoms with E-state index in [0.717, 1.165) is 0 Å². The number of amides is 1. The first-order valence-electron chi connectivity index (χ1n) is 8.70. The van der Waals surface area contributed by atoms with E-state index < -0.39 is 5.82 Å². The number of aromatic nitrogens is 4. The number of furan rings is 1. The molecular weight excluding hydrogens is 353 g/mol. The molecule has 0 saturated carbocycles. The van der Waals surface area contributed by atoms with Crippen molar-refractivity contribution in [1.82, 2.24) is 25.1 Å². The molecule has 1 amide bonds. The van der Waals surface area contributed by atoms with Gasteiger partial charge in [-0.3, -0.25) is 9.89 Å². The van der Waals surface area contributed by atoms with Crippen LogP contribution in [0.2, 0.25) is 0 Å². The van der Waals surface area contributed by atoms with E-state index in [0.29, 0.717) is 48.8 Å². The Labute approximate surface area is 154 Å². The van der Waals surface area contributed by atoms with Crippen LogP contribution in [0.5, 0.6) is 5.88 Å². The van der Waals surface area contributed by atoms with Gasteiger partial charge in [-0.05, 0) is 18.6 Å². The van der Waals surface area contributed by atoms with Crippen molar-refractivity contribution < 1.29 is 18.3 Å². The first-order valence-corrected chi connectivity index (χ1v) is 8.70. The minimum Gasteiger partial charge on any atom is -0.470 e. The summed E-state index contributed by atoms with van der Waals surface area (Å²) in [5.41, 5.74) is 1.24. The second kappa shape index (κ2) is 7.18. The molecule has 1 fully saturated rings. The van der Waals surface area contributed by atoms with Crippen molar-refractivity contribution in [2.75, 3.05) is 13.1 Å². The standard InChI is InChI=1S/C18H18FN5O3/c1-2-12-16(19)17(21-10-20-12)27-11-5-6-24(9-11)18(25)14-8-13(22-23-14)15-4-3-7-26-15/h3-4,7-8,10-11H,2,5-6,9H2,1H3,(H,22,23). The van der Waals surface area contributed by atoms with Crippen molar-refractivity contribution in [3.8, 4) is 17.3 Å². The first kappa shape index (κ1) is 17.2. The average Bonchev–Trinajstić information content (AvgIpc) is 3.43. The Bertz CT molecular complexity index is 940. The number of ether oxygens (including phenoxy) is 1.